The number of rotatable bonds is 7. The molecule has 1 heterocycles. The van der Waals surface area contributed by atoms with Crippen LogP contribution in [0.4, 0.5) is 0 Å². The average molecular weight is 250 g/mol. The van der Waals surface area contributed by atoms with E-state index in [1.807, 2.05) is 0 Å². The molecular weight excluding hydrogens is 224 g/mol. The highest BCUT2D eigenvalue weighted by Gasteiger charge is 2.33. The molecule has 3 heteroatoms. The fraction of sp³-hybridized carbons (Fsp3) is 0.733. The molecule has 2 atom stereocenters. The quantitative estimate of drug-likeness (QED) is 0.806. The van der Waals surface area contributed by atoms with Gasteiger partial charge in [-0.2, -0.15) is 0 Å². The molecule has 3 nitrogen and oxygen atoms in total. The van der Waals surface area contributed by atoms with E-state index in [1.165, 1.54) is 18.5 Å². The number of nitrogens with one attached hydrogen (secondary N) is 1. The van der Waals surface area contributed by atoms with Gasteiger partial charge in [0, 0.05) is 18.7 Å². The van der Waals surface area contributed by atoms with Gasteiger partial charge in [0.25, 0.3) is 0 Å². The maximum atomic E-state index is 5.83. The summed E-state index contributed by atoms with van der Waals surface area (Å²) in [5.41, 5.74) is 1.29. The predicted molar refractivity (Wildman–Crippen MR) is 74.4 cm³/mol. The van der Waals surface area contributed by atoms with E-state index in [9.17, 15) is 0 Å². The van der Waals surface area contributed by atoms with E-state index in [2.05, 4.69) is 44.1 Å². The molecule has 1 aliphatic carbocycles. The fourth-order valence-electron chi connectivity index (χ4n) is 2.49. The minimum Gasteiger partial charge on any atom is -0.465 e. The standard InChI is InChI=1S/C15H26N2O/c1-5-16-8-13-7-15(18-12(13)3)10-17(4)9-14-6-11(14)2/h7,11,14,16H,5-6,8-10H2,1-4H3. The Morgan fingerprint density at radius 3 is 2.83 bits per heavy atom. The van der Waals surface area contributed by atoms with Crippen LogP contribution in [-0.4, -0.2) is 25.0 Å². The molecule has 2 unspecified atom stereocenters. The Kier molecular flexibility index (Phi) is 4.46. The molecule has 0 saturated heterocycles. The zero-order chi connectivity index (χ0) is 13.1. The first-order chi connectivity index (χ1) is 8.60. The molecule has 0 amide bonds. The second-order valence-corrected chi connectivity index (χ2v) is 5.74. The van der Waals surface area contributed by atoms with Gasteiger partial charge < -0.3 is 9.73 Å². The van der Waals surface area contributed by atoms with Gasteiger partial charge in [0.1, 0.15) is 11.5 Å². The van der Waals surface area contributed by atoms with E-state index in [0.717, 1.165) is 43.0 Å². The molecule has 1 aromatic rings. The molecule has 0 aromatic carbocycles. The highest BCUT2D eigenvalue weighted by atomic mass is 16.3. The first-order valence-electron chi connectivity index (χ1n) is 7.07. The lowest BCUT2D eigenvalue weighted by Crippen LogP contribution is -2.20. The van der Waals surface area contributed by atoms with Crippen molar-refractivity contribution in [1.29, 1.82) is 0 Å². The molecule has 0 radical (unpaired) electrons. The van der Waals surface area contributed by atoms with Gasteiger partial charge in [-0.1, -0.05) is 13.8 Å². The largest absolute Gasteiger partial charge is 0.465 e. The van der Waals surface area contributed by atoms with Crippen molar-refractivity contribution in [2.24, 2.45) is 11.8 Å². The van der Waals surface area contributed by atoms with Gasteiger partial charge in [0.2, 0.25) is 0 Å². The first kappa shape index (κ1) is 13.6. The highest BCUT2D eigenvalue weighted by molar-refractivity contribution is 5.20. The van der Waals surface area contributed by atoms with Gasteiger partial charge in [0.15, 0.2) is 0 Å². The fourth-order valence-corrected chi connectivity index (χ4v) is 2.49. The lowest BCUT2D eigenvalue weighted by Gasteiger charge is -2.14. The van der Waals surface area contributed by atoms with E-state index in [0.29, 0.717) is 0 Å². The topological polar surface area (TPSA) is 28.4 Å². The monoisotopic (exact) mass is 250 g/mol. The highest BCUT2D eigenvalue weighted by Crippen LogP contribution is 2.38. The third kappa shape index (κ3) is 3.59. The third-order valence-electron chi connectivity index (χ3n) is 3.89. The van der Waals surface area contributed by atoms with Crippen LogP contribution < -0.4 is 5.32 Å². The van der Waals surface area contributed by atoms with Crippen molar-refractivity contribution in [3.8, 4) is 0 Å². The zero-order valence-corrected chi connectivity index (χ0v) is 12.1. The van der Waals surface area contributed by atoms with E-state index >= 15 is 0 Å². The molecule has 2 rings (SSSR count). The molecule has 1 saturated carbocycles. The summed E-state index contributed by atoms with van der Waals surface area (Å²) in [6.07, 6.45) is 1.40. The van der Waals surface area contributed by atoms with Crippen molar-refractivity contribution >= 4 is 0 Å². The van der Waals surface area contributed by atoms with Crippen LogP contribution in [0.15, 0.2) is 10.5 Å². The van der Waals surface area contributed by atoms with E-state index in [4.69, 9.17) is 4.42 Å². The van der Waals surface area contributed by atoms with Crippen LogP contribution >= 0.6 is 0 Å². The van der Waals surface area contributed by atoms with Crippen LogP contribution in [0.1, 0.15) is 37.4 Å². The predicted octanol–water partition coefficient (Wildman–Crippen LogP) is 2.79. The van der Waals surface area contributed by atoms with E-state index in [-0.39, 0.29) is 0 Å². The van der Waals surface area contributed by atoms with Gasteiger partial charge in [0.05, 0.1) is 6.54 Å². The maximum absolute atomic E-state index is 5.83. The SMILES string of the molecule is CCNCc1cc(CN(C)CC2CC2C)oc1C. The number of furan rings is 1. The van der Waals surface area contributed by atoms with Gasteiger partial charge >= 0.3 is 0 Å². The third-order valence-corrected chi connectivity index (χ3v) is 3.89. The smallest absolute Gasteiger partial charge is 0.118 e. The Morgan fingerprint density at radius 1 is 1.50 bits per heavy atom. The molecule has 1 N–H and O–H groups in total. The Labute approximate surface area is 111 Å². The van der Waals surface area contributed by atoms with Crippen LogP contribution in [0, 0.1) is 18.8 Å². The normalized spacial score (nSPS) is 22.7. The average Bonchev–Trinajstić information content (AvgIpc) is 2.86. The molecule has 1 fully saturated rings. The Bertz CT molecular complexity index is 386. The Hall–Kier alpha value is -0.800. The number of nitrogens with zero attached hydrogens (tertiary/aromatic N) is 1. The van der Waals surface area contributed by atoms with Crippen LogP contribution in [0.2, 0.25) is 0 Å². The van der Waals surface area contributed by atoms with Crippen molar-refractivity contribution in [1.82, 2.24) is 10.2 Å². The molecule has 0 bridgehead atoms. The van der Waals surface area contributed by atoms with Crippen molar-refractivity contribution in [3.63, 3.8) is 0 Å². The lowest BCUT2D eigenvalue weighted by molar-refractivity contribution is 0.278. The van der Waals surface area contributed by atoms with Gasteiger partial charge in [-0.05, 0) is 44.8 Å². The minimum absolute atomic E-state index is 0.910. The summed E-state index contributed by atoms with van der Waals surface area (Å²) in [6.45, 7) is 10.6. The molecule has 0 aliphatic heterocycles. The number of aryl methyl sites for hydroxylation is 1. The summed E-state index contributed by atoms with van der Waals surface area (Å²) in [5.74, 6) is 3.98. The molecule has 18 heavy (non-hydrogen) atoms. The van der Waals surface area contributed by atoms with Crippen LogP contribution in [0.3, 0.4) is 0 Å². The number of hydrogen-bond acceptors (Lipinski definition) is 3. The second-order valence-electron chi connectivity index (χ2n) is 5.74. The van der Waals surface area contributed by atoms with E-state index < -0.39 is 0 Å². The summed E-state index contributed by atoms with van der Waals surface area (Å²) in [6, 6.07) is 2.20. The Balaban J connectivity index is 1.84. The molecular formula is C15H26N2O. The lowest BCUT2D eigenvalue weighted by atomic mass is 10.2. The molecule has 0 spiro atoms. The Morgan fingerprint density at radius 2 is 2.22 bits per heavy atom. The molecule has 1 aromatic heterocycles. The summed E-state index contributed by atoms with van der Waals surface area (Å²) < 4.78 is 5.83. The number of hydrogen-bond donors (Lipinski definition) is 1. The minimum atomic E-state index is 0.910. The zero-order valence-electron chi connectivity index (χ0n) is 12.1. The summed E-state index contributed by atoms with van der Waals surface area (Å²) >= 11 is 0. The molecule has 102 valence electrons. The van der Waals surface area contributed by atoms with Crippen molar-refractivity contribution < 1.29 is 4.42 Å². The maximum Gasteiger partial charge on any atom is 0.118 e. The summed E-state index contributed by atoms with van der Waals surface area (Å²) in [5, 5.41) is 3.35. The van der Waals surface area contributed by atoms with Crippen LogP contribution in [0.25, 0.3) is 0 Å². The summed E-state index contributed by atoms with van der Waals surface area (Å²) in [7, 11) is 2.19. The van der Waals surface area contributed by atoms with Crippen molar-refractivity contribution in [3.05, 3.63) is 23.2 Å². The van der Waals surface area contributed by atoms with Crippen LogP contribution in [-0.2, 0) is 13.1 Å². The van der Waals surface area contributed by atoms with Crippen molar-refractivity contribution in [2.45, 2.75) is 40.3 Å². The first-order valence-corrected chi connectivity index (χ1v) is 7.07. The van der Waals surface area contributed by atoms with Gasteiger partial charge in [-0.15, -0.1) is 0 Å². The van der Waals surface area contributed by atoms with E-state index in [1.54, 1.807) is 0 Å². The second kappa shape index (κ2) is 5.89. The summed E-state index contributed by atoms with van der Waals surface area (Å²) in [4.78, 5) is 2.38. The van der Waals surface area contributed by atoms with Crippen molar-refractivity contribution in [2.75, 3.05) is 20.1 Å². The van der Waals surface area contributed by atoms with Gasteiger partial charge in [-0.3, -0.25) is 4.90 Å². The van der Waals surface area contributed by atoms with Gasteiger partial charge in [-0.25, -0.2) is 0 Å². The van der Waals surface area contributed by atoms with Crippen LogP contribution in [0.5, 0.6) is 0 Å². The molecule has 1 aliphatic rings.